The Labute approximate surface area is 106 Å². The van der Waals surface area contributed by atoms with Crippen molar-refractivity contribution in [1.82, 2.24) is 10.6 Å². The first-order chi connectivity index (χ1) is 8.04. The maximum Gasteiger partial charge on any atom is 0.236 e. The first-order valence-corrected chi connectivity index (χ1v) is 7.02. The van der Waals surface area contributed by atoms with Gasteiger partial charge in [-0.25, -0.2) is 0 Å². The van der Waals surface area contributed by atoms with E-state index in [1.807, 2.05) is 6.92 Å². The van der Waals surface area contributed by atoms with Crippen molar-refractivity contribution in [3.05, 3.63) is 0 Å². The molecule has 1 aliphatic carbocycles. The van der Waals surface area contributed by atoms with Crippen LogP contribution in [0.15, 0.2) is 0 Å². The summed E-state index contributed by atoms with van der Waals surface area (Å²) >= 11 is 0. The minimum absolute atomic E-state index is 0.0689. The molecule has 0 spiro atoms. The lowest BCUT2D eigenvalue weighted by molar-refractivity contribution is -0.122. The molecule has 2 N–H and O–H groups in total. The van der Waals surface area contributed by atoms with Gasteiger partial charge in [-0.3, -0.25) is 4.79 Å². The Morgan fingerprint density at radius 1 is 1.12 bits per heavy atom. The Hall–Kier alpha value is -0.570. The third-order valence-corrected chi connectivity index (χ3v) is 4.08. The molecule has 0 aromatic rings. The van der Waals surface area contributed by atoms with E-state index in [4.69, 9.17) is 0 Å². The van der Waals surface area contributed by atoms with Crippen LogP contribution in [0.25, 0.3) is 0 Å². The van der Waals surface area contributed by atoms with Crippen LogP contribution in [0, 0.1) is 11.8 Å². The SMILES string of the molecule is CNC(=O)C(C)NC1CCCC(C(C)C)CC1. The third kappa shape index (κ3) is 4.66. The Balaban J connectivity index is 2.38. The van der Waals surface area contributed by atoms with Crippen molar-refractivity contribution in [2.24, 2.45) is 11.8 Å². The second-order valence-electron chi connectivity index (χ2n) is 5.71. The molecule has 3 heteroatoms. The van der Waals surface area contributed by atoms with Crippen LogP contribution in [0.5, 0.6) is 0 Å². The van der Waals surface area contributed by atoms with Crippen LogP contribution in [0.4, 0.5) is 0 Å². The van der Waals surface area contributed by atoms with Crippen LogP contribution in [-0.2, 0) is 4.79 Å². The topological polar surface area (TPSA) is 41.1 Å². The van der Waals surface area contributed by atoms with Gasteiger partial charge in [0.1, 0.15) is 0 Å². The lowest BCUT2D eigenvalue weighted by Crippen LogP contribution is -2.45. The van der Waals surface area contributed by atoms with Gasteiger partial charge in [0.25, 0.3) is 0 Å². The van der Waals surface area contributed by atoms with E-state index in [1.54, 1.807) is 7.05 Å². The highest BCUT2D eigenvalue weighted by Crippen LogP contribution is 2.28. The molecule has 0 aromatic carbocycles. The number of hydrogen-bond acceptors (Lipinski definition) is 2. The van der Waals surface area contributed by atoms with Crippen LogP contribution >= 0.6 is 0 Å². The van der Waals surface area contributed by atoms with E-state index in [9.17, 15) is 4.79 Å². The van der Waals surface area contributed by atoms with Gasteiger partial charge >= 0.3 is 0 Å². The van der Waals surface area contributed by atoms with Crippen molar-refractivity contribution in [2.45, 2.75) is 65.0 Å². The second kappa shape index (κ2) is 7.00. The zero-order chi connectivity index (χ0) is 12.8. The summed E-state index contributed by atoms with van der Waals surface area (Å²) in [6.45, 7) is 6.60. The molecule has 0 aromatic heterocycles. The van der Waals surface area contributed by atoms with Crippen LogP contribution < -0.4 is 10.6 Å². The molecule has 1 amide bonds. The van der Waals surface area contributed by atoms with E-state index in [1.165, 1.54) is 32.1 Å². The van der Waals surface area contributed by atoms with Crippen LogP contribution in [0.1, 0.15) is 52.9 Å². The van der Waals surface area contributed by atoms with Gasteiger partial charge in [-0.2, -0.15) is 0 Å². The lowest BCUT2D eigenvalue weighted by atomic mass is 9.89. The molecular weight excluding hydrogens is 212 g/mol. The van der Waals surface area contributed by atoms with Gasteiger partial charge in [0.05, 0.1) is 6.04 Å². The molecule has 1 aliphatic rings. The molecule has 1 rings (SSSR count). The number of rotatable bonds is 4. The zero-order valence-electron chi connectivity index (χ0n) is 11.8. The Bertz CT molecular complexity index is 240. The molecule has 3 nitrogen and oxygen atoms in total. The molecule has 0 radical (unpaired) electrons. The number of hydrogen-bond donors (Lipinski definition) is 2. The van der Waals surface area contributed by atoms with Gasteiger partial charge in [-0.1, -0.05) is 26.7 Å². The summed E-state index contributed by atoms with van der Waals surface area (Å²) in [7, 11) is 1.70. The van der Waals surface area contributed by atoms with Gasteiger partial charge in [-0.15, -0.1) is 0 Å². The monoisotopic (exact) mass is 240 g/mol. The maximum absolute atomic E-state index is 11.5. The molecule has 0 bridgehead atoms. The van der Waals surface area contributed by atoms with Crippen molar-refractivity contribution in [3.8, 4) is 0 Å². The fourth-order valence-electron chi connectivity index (χ4n) is 2.81. The molecule has 0 heterocycles. The van der Waals surface area contributed by atoms with Crippen LogP contribution in [-0.4, -0.2) is 25.0 Å². The number of carbonyl (C=O) groups is 1. The summed E-state index contributed by atoms with van der Waals surface area (Å²) in [5.74, 6) is 1.76. The number of carbonyl (C=O) groups excluding carboxylic acids is 1. The minimum atomic E-state index is -0.0689. The van der Waals surface area contributed by atoms with E-state index >= 15 is 0 Å². The van der Waals surface area contributed by atoms with E-state index in [0.717, 1.165) is 11.8 Å². The van der Waals surface area contributed by atoms with Crippen molar-refractivity contribution < 1.29 is 4.79 Å². The average Bonchev–Trinajstić information content (AvgIpc) is 2.53. The molecule has 0 aliphatic heterocycles. The highest BCUT2D eigenvalue weighted by molar-refractivity contribution is 5.80. The largest absolute Gasteiger partial charge is 0.358 e. The first kappa shape index (κ1) is 14.5. The fraction of sp³-hybridized carbons (Fsp3) is 0.929. The van der Waals surface area contributed by atoms with Gasteiger partial charge in [0, 0.05) is 13.1 Å². The standard InChI is InChI=1S/C14H28N2O/c1-10(2)12-6-5-7-13(9-8-12)16-11(3)14(17)15-4/h10-13,16H,5-9H2,1-4H3,(H,15,17). The summed E-state index contributed by atoms with van der Waals surface area (Å²) in [5.41, 5.74) is 0. The molecule has 1 saturated carbocycles. The van der Waals surface area contributed by atoms with E-state index in [-0.39, 0.29) is 11.9 Å². The fourth-order valence-corrected chi connectivity index (χ4v) is 2.81. The van der Waals surface area contributed by atoms with Gasteiger partial charge in [0.15, 0.2) is 0 Å². The normalized spacial score (nSPS) is 27.6. The van der Waals surface area contributed by atoms with E-state index in [0.29, 0.717) is 6.04 Å². The quantitative estimate of drug-likeness (QED) is 0.740. The number of nitrogens with one attached hydrogen (secondary N) is 2. The zero-order valence-corrected chi connectivity index (χ0v) is 11.8. The predicted molar refractivity (Wildman–Crippen MR) is 71.9 cm³/mol. The Kier molecular flexibility index (Phi) is 5.96. The Morgan fingerprint density at radius 3 is 2.41 bits per heavy atom. The molecule has 100 valence electrons. The molecule has 3 unspecified atom stereocenters. The second-order valence-corrected chi connectivity index (χ2v) is 5.71. The highest BCUT2D eigenvalue weighted by Gasteiger charge is 2.23. The minimum Gasteiger partial charge on any atom is -0.358 e. The highest BCUT2D eigenvalue weighted by atomic mass is 16.2. The summed E-state index contributed by atoms with van der Waals surface area (Å²) in [6.07, 6.45) is 6.37. The summed E-state index contributed by atoms with van der Waals surface area (Å²) in [5, 5.41) is 6.15. The lowest BCUT2D eigenvalue weighted by Gasteiger charge is -2.21. The Morgan fingerprint density at radius 2 is 1.82 bits per heavy atom. The van der Waals surface area contributed by atoms with Gasteiger partial charge < -0.3 is 10.6 Å². The van der Waals surface area contributed by atoms with Crippen molar-refractivity contribution in [1.29, 1.82) is 0 Å². The number of amides is 1. The smallest absolute Gasteiger partial charge is 0.236 e. The molecule has 0 saturated heterocycles. The predicted octanol–water partition coefficient (Wildman–Crippen LogP) is 2.32. The van der Waals surface area contributed by atoms with Gasteiger partial charge in [-0.05, 0) is 38.0 Å². The molecule has 3 atom stereocenters. The summed E-state index contributed by atoms with van der Waals surface area (Å²) in [4.78, 5) is 11.5. The number of likely N-dealkylation sites (N-methyl/N-ethyl adjacent to an activating group) is 1. The van der Waals surface area contributed by atoms with Crippen LogP contribution in [0.3, 0.4) is 0 Å². The average molecular weight is 240 g/mol. The van der Waals surface area contributed by atoms with Crippen molar-refractivity contribution in [2.75, 3.05) is 7.05 Å². The molecule has 17 heavy (non-hydrogen) atoms. The van der Waals surface area contributed by atoms with E-state index < -0.39 is 0 Å². The molecular formula is C14H28N2O. The van der Waals surface area contributed by atoms with Crippen LogP contribution in [0.2, 0.25) is 0 Å². The summed E-state index contributed by atoms with van der Waals surface area (Å²) in [6, 6.07) is 0.451. The maximum atomic E-state index is 11.5. The third-order valence-electron chi connectivity index (χ3n) is 4.08. The van der Waals surface area contributed by atoms with Crippen molar-refractivity contribution in [3.63, 3.8) is 0 Å². The molecule has 1 fully saturated rings. The van der Waals surface area contributed by atoms with Crippen molar-refractivity contribution >= 4 is 5.91 Å². The van der Waals surface area contributed by atoms with Gasteiger partial charge in [0.2, 0.25) is 5.91 Å². The van der Waals surface area contributed by atoms with E-state index in [2.05, 4.69) is 24.5 Å². The first-order valence-electron chi connectivity index (χ1n) is 7.02. The summed E-state index contributed by atoms with van der Waals surface area (Å²) < 4.78 is 0.